The number of carboxylic acid groups (broad SMARTS) is 1. The molecule has 3 rings (SSSR count). The first-order valence-electron chi connectivity index (χ1n) is 7.80. The maximum absolute atomic E-state index is 11.8. The molecule has 0 bridgehead atoms. The fraction of sp³-hybridized carbons (Fsp3) is 0.600. The number of carbonyl (C=O) groups is 1. The first-order chi connectivity index (χ1) is 11.2. The Morgan fingerprint density at radius 1 is 1.46 bits per heavy atom. The van der Waals surface area contributed by atoms with Crippen molar-refractivity contribution in [2.24, 2.45) is 5.41 Å². The van der Waals surface area contributed by atoms with Gasteiger partial charge in [-0.2, -0.15) is 5.10 Å². The van der Waals surface area contributed by atoms with Crippen LogP contribution < -0.4 is 5.73 Å². The quantitative estimate of drug-likeness (QED) is 0.690. The minimum absolute atomic E-state index is 0.246. The molecule has 8 nitrogen and oxygen atoms in total. The van der Waals surface area contributed by atoms with Crippen LogP contribution >= 0.6 is 22.6 Å². The highest BCUT2D eigenvalue weighted by molar-refractivity contribution is 14.1. The Balaban J connectivity index is 2.13. The lowest BCUT2D eigenvalue weighted by Gasteiger charge is -2.47. The topological polar surface area (TPSA) is 110 Å². The van der Waals surface area contributed by atoms with Crippen molar-refractivity contribution in [2.75, 3.05) is 12.3 Å². The summed E-state index contributed by atoms with van der Waals surface area (Å²) in [5.41, 5.74) is 5.82. The van der Waals surface area contributed by atoms with Crippen molar-refractivity contribution in [3.8, 4) is 0 Å². The summed E-state index contributed by atoms with van der Waals surface area (Å²) in [5.74, 6) is 0.391. The average Bonchev–Trinajstić information content (AvgIpc) is 3.03. The normalized spacial score (nSPS) is 21.6. The molecule has 2 aromatic heterocycles. The number of amides is 1. The number of fused-ring (bicyclic) bond motifs is 1. The number of likely N-dealkylation sites (tertiary alicyclic amines) is 1. The van der Waals surface area contributed by atoms with E-state index in [0.717, 1.165) is 21.9 Å². The number of aromatic nitrogens is 4. The van der Waals surface area contributed by atoms with E-state index in [9.17, 15) is 9.90 Å². The zero-order chi connectivity index (χ0) is 17.7. The van der Waals surface area contributed by atoms with Crippen LogP contribution in [0, 0.1) is 9.12 Å². The van der Waals surface area contributed by atoms with Crippen LogP contribution in [0.25, 0.3) is 11.0 Å². The van der Waals surface area contributed by atoms with Crippen molar-refractivity contribution < 1.29 is 9.90 Å². The Labute approximate surface area is 153 Å². The molecule has 0 spiro atoms. The van der Waals surface area contributed by atoms with Gasteiger partial charge in [0.2, 0.25) is 0 Å². The van der Waals surface area contributed by atoms with Crippen LogP contribution in [-0.2, 0) is 6.54 Å². The van der Waals surface area contributed by atoms with Gasteiger partial charge in [-0.15, -0.1) is 0 Å². The smallest absolute Gasteiger partial charge is 0.407 e. The van der Waals surface area contributed by atoms with Crippen LogP contribution in [0.15, 0.2) is 6.33 Å². The van der Waals surface area contributed by atoms with Crippen molar-refractivity contribution in [1.29, 1.82) is 0 Å². The Hall–Kier alpha value is -1.65. The number of nitrogen functional groups attached to an aromatic ring is 1. The molecule has 1 fully saturated rings. The third-order valence-electron chi connectivity index (χ3n) is 5.04. The summed E-state index contributed by atoms with van der Waals surface area (Å²) in [4.78, 5) is 21.7. The van der Waals surface area contributed by atoms with E-state index < -0.39 is 11.6 Å². The van der Waals surface area contributed by atoms with Crippen molar-refractivity contribution in [3.63, 3.8) is 0 Å². The molecular weight excluding hydrogens is 423 g/mol. The molecule has 0 aliphatic carbocycles. The van der Waals surface area contributed by atoms with Crippen LogP contribution in [0.3, 0.4) is 0 Å². The number of hydrogen-bond donors (Lipinski definition) is 2. The van der Waals surface area contributed by atoms with E-state index >= 15 is 0 Å². The highest BCUT2D eigenvalue weighted by atomic mass is 127. The summed E-state index contributed by atoms with van der Waals surface area (Å²) < 4.78 is 2.51. The maximum Gasteiger partial charge on any atom is 0.407 e. The third kappa shape index (κ3) is 2.49. The van der Waals surface area contributed by atoms with Gasteiger partial charge in [0.25, 0.3) is 0 Å². The second-order valence-electron chi connectivity index (χ2n) is 7.23. The van der Waals surface area contributed by atoms with Crippen molar-refractivity contribution in [3.05, 3.63) is 10.0 Å². The van der Waals surface area contributed by atoms with Gasteiger partial charge >= 0.3 is 6.09 Å². The van der Waals surface area contributed by atoms with E-state index in [1.54, 1.807) is 9.58 Å². The standard InChI is InChI=1S/C15H21IN6O2/c1-14(2,3)15(5-4-6-21(15)13(23)24)7-22-12-9(10(16)20-22)11(17)18-8-19-12/h8H,4-7H2,1-3H3,(H,23,24)(H2,17,18,19)/t15-/m1/s1. The van der Waals surface area contributed by atoms with Gasteiger partial charge in [-0.25, -0.2) is 19.4 Å². The molecule has 3 N–H and O–H groups in total. The number of nitrogens with two attached hydrogens (primary N) is 1. The number of nitrogens with zero attached hydrogens (tertiary/aromatic N) is 5. The Bertz CT molecular complexity index is 799. The predicted octanol–water partition coefficient (Wildman–Crippen LogP) is 2.57. The second-order valence-corrected chi connectivity index (χ2v) is 8.25. The van der Waals surface area contributed by atoms with Gasteiger partial charge in [0, 0.05) is 6.54 Å². The zero-order valence-electron chi connectivity index (χ0n) is 14.0. The van der Waals surface area contributed by atoms with Crippen molar-refractivity contribution in [1.82, 2.24) is 24.6 Å². The zero-order valence-corrected chi connectivity index (χ0v) is 16.1. The Morgan fingerprint density at radius 3 is 2.79 bits per heavy atom. The summed E-state index contributed by atoms with van der Waals surface area (Å²) in [6.07, 6.45) is 2.17. The summed E-state index contributed by atoms with van der Waals surface area (Å²) in [6, 6.07) is 0. The average molecular weight is 444 g/mol. The largest absolute Gasteiger partial charge is 0.465 e. The molecule has 130 valence electrons. The maximum atomic E-state index is 11.8. The monoisotopic (exact) mass is 444 g/mol. The van der Waals surface area contributed by atoms with Crippen molar-refractivity contribution >= 4 is 45.5 Å². The summed E-state index contributed by atoms with van der Waals surface area (Å²) in [7, 11) is 0. The summed E-state index contributed by atoms with van der Waals surface area (Å²) >= 11 is 2.11. The molecule has 0 radical (unpaired) electrons. The number of rotatable bonds is 2. The fourth-order valence-electron chi connectivity index (χ4n) is 3.68. The fourth-order valence-corrected chi connectivity index (χ4v) is 4.46. The van der Waals surface area contributed by atoms with E-state index in [1.807, 2.05) is 0 Å². The highest BCUT2D eigenvalue weighted by Crippen LogP contribution is 2.45. The van der Waals surface area contributed by atoms with Gasteiger partial charge in [-0.1, -0.05) is 20.8 Å². The number of halogens is 1. The molecule has 9 heteroatoms. The SMILES string of the molecule is CC(C)(C)[C@]1(Cn2nc(I)c3c(N)ncnc32)CCCN1C(=O)O. The lowest BCUT2D eigenvalue weighted by molar-refractivity contribution is 0.0160. The Kier molecular flexibility index (Phi) is 4.09. The van der Waals surface area contributed by atoms with E-state index in [4.69, 9.17) is 5.73 Å². The highest BCUT2D eigenvalue weighted by Gasteiger charge is 2.52. The van der Waals surface area contributed by atoms with Crippen molar-refractivity contribution in [2.45, 2.75) is 45.7 Å². The predicted molar refractivity (Wildman–Crippen MR) is 98.6 cm³/mol. The molecule has 0 unspecified atom stereocenters. The molecular formula is C15H21IN6O2. The molecule has 3 heterocycles. The van der Waals surface area contributed by atoms with E-state index in [1.165, 1.54) is 6.33 Å². The molecule has 1 amide bonds. The van der Waals surface area contributed by atoms with Gasteiger partial charge < -0.3 is 15.7 Å². The van der Waals surface area contributed by atoms with Crippen LogP contribution in [0.5, 0.6) is 0 Å². The number of hydrogen-bond acceptors (Lipinski definition) is 5. The van der Waals surface area contributed by atoms with Crippen LogP contribution in [0.1, 0.15) is 33.6 Å². The minimum atomic E-state index is -0.886. The van der Waals surface area contributed by atoms with Gasteiger partial charge in [0.05, 0.1) is 17.5 Å². The lowest BCUT2D eigenvalue weighted by atomic mass is 9.71. The molecule has 1 aliphatic heterocycles. The second kappa shape index (κ2) is 5.71. The molecule has 1 aliphatic rings. The van der Waals surface area contributed by atoms with Crippen LogP contribution in [-0.4, -0.2) is 47.9 Å². The number of anilines is 1. The molecule has 0 saturated carbocycles. The lowest BCUT2D eigenvalue weighted by Crippen LogP contribution is -2.57. The van der Waals surface area contributed by atoms with Gasteiger partial charge in [-0.05, 0) is 40.8 Å². The molecule has 24 heavy (non-hydrogen) atoms. The molecule has 0 aromatic carbocycles. The van der Waals surface area contributed by atoms with Crippen LogP contribution in [0.2, 0.25) is 0 Å². The van der Waals surface area contributed by atoms with E-state index in [-0.39, 0.29) is 5.41 Å². The van der Waals surface area contributed by atoms with E-state index in [2.05, 4.69) is 58.4 Å². The molecule has 2 aromatic rings. The Morgan fingerprint density at radius 2 is 2.17 bits per heavy atom. The minimum Gasteiger partial charge on any atom is -0.465 e. The third-order valence-corrected chi connectivity index (χ3v) is 5.80. The summed E-state index contributed by atoms with van der Waals surface area (Å²) in [6.45, 7) is 7.22. The summed E-state index contributed by atoms with van der Waals surface area (Å²) in [5, 5.41) is 15.0. The van der Waals surface area contributed by atoms with Gasteiger partial charge in [0.15, 0.2) is 5.65 Å². The van der Waals surface area contributed by atoms with Gasteiger partial charge in [0.1, 0.15) is 15.8 Å². The first-order valence-corrected chi connectivity index (χ1v) is 8.88. The van der Waals surface area contributed by atoms with Gasteiger partial charge in [-0.3, -0.25) is 0 Å². The molecule has 1 saturated heterocycles. The first kappa shape index (κ1) is 17.2. The van der Waals surface area contributed by atoms with Crippen LogP contribution in [0.4, 0.5) is 10.6 Å². The van der Waals surface area contributed by atoms with E-state index in [0.29, 0.717) is 24.6 Å². The molecule has 1 atom stereocenters.